The molecule has 0 fully saturated rings. The van der Waals surface area contributed by atoms with Crippen molar-refractivity contribution >= 4 is 39.1 Å². The van der Waals surface area contributed by atoms with Crippen molar-refractivity contribution in [3.05, 3.63) is 57.9 Å². The van der Waals surface area contributed by atoms with Crippen molar-refractivity contribution < 1.29 is 9.53 Å². The summed E-state index contributed by atoms with van der Waals surface area (Å²) in [6, 6.07) is 12.6. The number of amides is 1. The fraction of sp³-hybridized carbons (Fsp3) is 0.158. The zero-order valence-corrected chi connectivity index (χ0v) is 15.1. The Morgan fingerprint density at radius 3 is 2.92 bits per heavy atom. The van der Waals surface area contributed by atoms with Crippen LogP contribution in [0, 0.1) is 12.3 Å². The summed E-state index contributed by atoms with van der Waals surface area (Å²) in [6.45, 7) is 2.67. The van der Waals surface area contributed by atoms with E-state index in [-0.39, 0.29) is 5.91 Å². The molecule has 0 aliphatic carbocycles. The lowest BCUT2D eigenvalue weighted by atomic mass is 10.2. The van der Waals surface area contributed by atoms with Crippen molar-refractivity contribution in [2.24, 2.45) is 4.99 Å². The first kappa shape index (κ1) is 17.3. The van der Waals surface area contributed by atoms with Crippen LogP contribution >= 0.6 is 22.9 Å². The third kappa shape index (κ3) is 3.60. The number of nitrogens with zero attached hydrogens (tertiary/aromatic N) is 2. The largest absolute Gasteiger partial charge is 0.493 e. The van der Waals surface area contributed by atoms with Gasteiger partial charge in [0.05, 0.1) is 28.9 Å². The van der Waals surface area contributed by atoms with E-state index in [4.69, 9.17) is 22.8 Å². The second-order valence-electron chi connectivity index (χ2n) is 5.13. The molecule has 1 aromatic heterocycles. The minimum atomic E-state index is -0.368. The molecule has 4 nitrogen and oxygen atoms in total. The lowest BCUT2D eigenvalue weighted by molar-refractivity contribution is 0.0994. The molecule has 3 aromatic rings. The van der Waals surface area contributed by atoms with E-state index in [1.54, 1.807) is 24.3 Å². The molecule has 126 valence electrons. The van der Waals surface area contributed by atoms with Gasteiger partial charge in [0.1, 0.15) is 5.75 Å². The van der Waals surface area contributed by atoms with Crippen LogP contribution in [0.1, 0.15) is 17.3 Å². The van der Waals surface area contributed by atoms with Crippen LogP contribution < -0.4 is 9.54 Å². The molecule has 25 heavy (non-hydrogen) atoms. The Kier molecular flexibility index (Phi) is 5.22. The number of carbonyl (C=O) groups excluding carboxylic acids is 1. The molecule has 0 saturated carbocycles. The van der Waals surface area contributed by atoms with E-state index >= 15 is 0 Å². The molecule has 0 saturated heterocycles. The van der Waals surface area contributed by atoms with Gasteiger partial charge >= 0.3 is 0 Å². The predicted molar refractivity (Wildman–Crippen MR) is 101 cm³/mol. The Bertz CT molecular complexity index is 1040. The smallest absolute Gasteiger partial charge is 0.283 e. The Hall–Kier alpha value is -2.55. The number of rotatable bonds is 4. The summed E-state index contributed by atoms with van der Waals surface area (Å²) in [4.78, 5) is 17.5. The maximum absolute atomic E-state index is 12.7. The van der Waals surface area contributed by atoms with Gasteiger partial charge in [-0.1, -0.05) is 41.0 Å². The monoisotopic (exact) mass is 370 g/mol. The van der Waals surface area contributed by atoms with Crippen LogP contribution in [0.25, 0.3) is 10.2 Å². The number of terminal acetylenes is 1. The number of thiazole rings is 1. The molecular formula is C19H15ClN2O2S. The van der Waals surface area contributed by atoms with Gasteiger partial charge in [-0.25, -0.2) is 0 Å². The summed E-state index contributed by atoms with van der Waals surface area (Å²) < 4.78 is 8.27. The summed E-state index contributed by atoms with van der Waals surface area (Å²) in [5.41, 5.74) is 1.32. The highest BCUT2D eigenvalue weighted by atomic mass is 35.5. The van der Waals surface area contributed by atoms with Crippen LogP contribution in [0.15, 0.2) is 47.5 Å². The molecule has 0 aliphatic heterocycles. The fourth-order valence-corrected chi connectivity index (χ4v) is 3.75. The first-order valence-electron chi connectivity index (χ1n) is 7.67. The number of fused-ring (bicyclic) bond motifs is 1. The third-order valence-electron chi connectivity index (χ3n) is 3.51. The molecule has 0 atom stereocenters. The highest BCUT2D eigenvalue weighted by Gasteiger charge is 2.13. The topological polar surface area (TPSA) is 43.6 Å². The van der Waals surface area contributed by atoms with Gasteiger partial charge in [-0.3, -0.25) is 4.79 Å². The molecule has 0 radical (unpaired) electrons. The number of aromatic nitrogens is 1. The first-order valence-corrected chi connectivity index (χ1v) is 8.86. The van der Waals surface area contributed by atoms with E-state index in [9.17, 15) is 4.79 Å². The molecule has 1 amide bonds. The predicted octanol–water partition coefficient (Wildman–Crippen LogP) is 4.13. The minimum absolute atomic E-state index is 0.320. The van der Waals surface area contributed by atoms with Crippen molar-refractivity contribution in [3.63, 3.8) is 0 Å². The highest BCUT2D eigenvalue weighted by molar-refractivity contribution is 7.16. The molecule has 0 spiro atoms. The molecule has 1 heterocycles. The zero-order valence-electron chi connectivity index (χ0n) is 13.5. The normalized spacial score (nSPS) is 11.5. The van der Waals surface area contributed by atoms with E-state index in [0.29, 0.717) is 34.3 Å². The molecule has 0 N–H and O–H groups in total. The van der Waals surface area contributed by atoms with E-state index < -0.39 is 0 Å². The van der Waals surface area contributed by atoms with Gasteiger partial charge in [-0.15, -0.1) is 6.42 Å². The lowest BCUT2D eigenvalue weighted by Crippen LogP contribution is -2.16. The van der Waals surface area contributed by atoms with Crippen LogP contribution in [-0.4, -0.2) is 17.1 Å². The number of hydrogen-bond acceptors (Lipinski definition) is 3. The number of hydrogen-bond donors (Lipinski definition) is 0. The number of ether oxygens (including phenoxy) is 1. The van der Waals surface area contributed by atoms with Gasteiger partial charge in [-0.2, -0.15) is 4.99 Å². The molecule has 6 heteroatoms. The molecule has 2 aromatic carbocycles. The number of benzene rings is 2. The standard InChI is InChI=1S/C19H15ClN2O2S/c1-3-11-22-15-10-9-13(20)12-17(15)25-19(22)21-18(23)14-7-5-6-8-16(14)24-4-2/h1,5-10,12H,4,11H2,2H3. The molecule has 3 rings (SSSR count). The summed E-state index contributed by atoms with van der Waals surface area (Å²) in [6.07, 6.45) is 5.48. The van der Waals surface area contributed by atoms with Gasteiger partial charge in [0, 0.05) is 5.02 Å². The third-order valence-corrected chi connectivity index (χ3v) is 4.78. The average molecular weight is 371 g/mol. The summed E-state index contributed by atoms with van der Waals surface area (Å²) >= 11 is 7.43. The zero-order chi connectivity index (χ0) is 17.8. The number of para-hydroxylation sites is 1. The van der Waals surface area contributed by atoms with Crippen LogP contribution in [-0.2, 0) is 6.54 Å². The van der Waals surface area contributed by atoms with Crippen molar-refractivity contribution in [2.75, 3.05) is 6.61 Å². The van der Waals surface area contributed by atoms with Crippen LogP contribution in [0.4, 0.5) is 0 Å². The van der Waals surface area contributed by atoms with E-state index in [2.05, 4.69) is 10.9 Å². The van der Waals surface area contributed by atoms with Gasteiger partial charge < -0.3 is 9.30 Å². The van der Waals surface area contributed by atoms with Crippen molar-refractivity contribution in [1.29, 1.82) is 0 Å². The van der Waals surface area contributed by atoms with Gasteiger partial charge in [-0.05, 0) is 37.3 Å². The lowest BCUT2D eigenvalue weighted by Gasteiger charge is -2.06. The Morgan fingerprint density at radius 2 is 2.16 bits per heavy atom. The van der Waals surface area contributed by atoms with Crippen molar-refractivity contribution in [3.8, 4) is 18.1 Å². The molecular weight excluding hydrogens is 356 g/mol. The van der Waals surface area contributed by atoms with Crippen LogP contribution in [0.2, 0.25) is 5.02 Å². The van der Waals surface area contributed by atoms with Gasteiger partial charge in [0.2, 0.25) is 0 Å². The van der Waals surface area contributed by atoms with Crippen LogP contribution in [0.3, 0.4) is 0 Å². The second kappa shape index (κ2) is 7.56. The van der Waals surface area contributed by atoms with Crippen molar-refractivity contribution in [1.82, 2.24) is 4.57 Å². The van der Waals surface area contributed by atoms with Crippen LogP contribution in [0.5, 0.6) is 5.75 Å². The number of carbonyl (C=O) groups is 1. The van der Waals surface area contributed by atoms with Crippen molar-refractivity contribution in [2.45, 2.75) is 13.5 Å². The molecule has 0 aliphatic rings. The van der Waals surface area contributed by atoms with E-state index in [1.165, 1.54) is 11.3 Å². The summed E-state index contributed by atoms with van der Waals surface area (Å²) in [5.74, 6) is 2.75. The van der Waals surface area contributed by atoms with E-state index in [0.717, 1.165) is 10.2 Å². The SMILES string of the molecule is C#CCn1c(=NC(=O)c2ccccc2OCC)sc2cc(Cl)ccc21. The molecule has 0 bridgehead atoms. The Labute approximate surface area is 154 Å². The quantitative estimate of drug-likeness (QED) is 0.648. The second-order valence-corrected chi connectivity index (χ2v) is 6.58. The Morgan fingerprint density at radius 1 is 1.36 bits per heavy atom. The average Bonchev–Trinajstić information content (AvgIpc) is 2.92. The van der Waals surface area contributed by atoms with E-state index in [1.807, 2.05) is 29.7 Å². The molecule has 0 unspecified atom stereocenters. The number of halogens is 1. The Balaban J connectivity index is 2.14. The van der Waals surface area contributed by atoms with Gasteiger partial charge in [0.25, 0.3) is 5.91 Å². The maximum Gasteiger partial charge on any atom is 0.283 e. The fourth-order valence-electron chi connectivity index (χ4n) is 2.45. The summed E-state index contributed by atoms with van der Waals surface area (Å²) in [5, 5.41) is 0.626. The highest BCUT2D eigenvalue weighted by Crippen LogP contribution is 2.23. The first-order chi connectivity index (χ1) is 12.1. The maximum atomic E-state index is 12.7. The van der Waals surface area contributed by atoms with Gasteiger partial charge in [0.15, 0.2) is 4.80 Å². The summed E-state index contributed by atoms with van der Waals surface area (Å²) in [7, 11) is 0. The minimum Gasteiger partial charge on any atom is -0.493 e.